The molecule has 1 spiro atoms. The summed E-state index contributed by atoms with van der Waals surface area (Å²) >= 11 is 0. The molecule has 218 valence electrons. The Labute approximate surface area is 239 Å². The van der Waals surface area contributed by atoms with Crippen LogP contribution in [0.25, 0.3) is 0 Å². The van der Waals surface area contributed by atoms with E-state index in [1.54, 1.807) is 6.07 Å². The van der Waals surface area contributed by atoms with Gasteiger partial charge < -0.3 is 29.6 Å². The lowest BCUT2D eigenvalue weighted by atomic mass is 9.78. The number of nitrogen functional groups attached to an aromatic ring is 1. The summed E-state index contributed by atoms with van der Waals surface area (Å²) in [5.74, 6) is 0.791. The topological polar surface area (TPSA) is 119 Å². The Morgan fingerprint density at radius 2 is 2.12 bits per heavy atom. The molecule has 2 unspecified atom stereocenters. The van der Waals surface area contributed by atoms with Crippen LogP contribution in [0.1, 0.15) is 66.7 Å². The fourth-order valence-electron chi connectivity index (χ4n) is 7.51. The fourth-order valence-corrected chi connectivity index (χ4v) is 7.51. The average Bonchev–Trinajstić information content (AvgIpc) is 3.35. The van der Waals surface area contributed by atoms with Crippen molar-refractivity contribution in [2.45, 2.75) is 69.1 Å². The van der Waals surface area contributed by atoms with Gasteiger partial charge in [0.05, 0.1) is 42.7 Å². The lowest BCUT2D eigenvalue weighted by Crippen LogP contribution is -2.46. The lowest BCUT2D eigenvalue weighted by molar-refractivity contribution is -0.148. The Balaban J connectivity index is 1.28. The van der Waals surface area contributed by atoms with E-state index < -0.39 is 11.8 Å². The lowest BCUT2D eigenvalue weighted by Gasteiger charge is -2.44. The number of ether oxygens (including phenoxy) is 4. The van der Waals surface area contributed by atoms with Crippen molar-refractivity contribution < 1.29 is 23.3 Å². The van der Waals surface area contributed by atoms with Gasteiger partial charge in [-0.25, -0.2) is 4.39 Å². The summed E-state index contributed by atoms with van der Waals surface area (Å²) < 4.78 is 39.4. The smallest absolute Gasteiger partial charge is 0.318 e. The van der Waals surface area contributed by atoms with Gasteiger partial charge in [-0.15, -0.1) is 0 Å². The van der Waals surface area contributed by atoms with Crippen LogP contribution in [-0.2, 0) is 32.8 Å². The largest absolute Gasteiger partial charge is 0.461 e. The summed E-state index contributed by atoms with van der Waals surface area (Å²) in [4.78, 5) is 14.3. The van der Waals surface area contributed by atoms with Gasteiger partial charge in [0.15, 0.2) is 0 Å². The predicted octanol–water partition coefficient (Wildman–Crippen LogP) is 3.17. The number of aromatic nitrogens is 2. The maximum absolute atomic E-state index is 14.4. The summed E-state index contributed by atoms with van der Waals surface area (Å²) in [6.45, 7) is 7.06. The second-order valence-electron chi connectivity index (χ2n) is 12.1. The zero-order chi connectivity index (χ0) is 28.2. The first-order valence-electron chi connectivity index (χ1n) is 14.7. The highest BCUT2D eigenvalue weighted by Gasteiger charge is 2.50. The molecule has 0 saturated carbocycles. The van der Waals surface area contributed by atoms with Gasteiger partial charge in [0.1, 0.15) is 30.3 Å². The molecular weight excluding hydrogens is 527 g/mol. The molecule has 7 rings (SSSR count). The van der Waals surface area contributed by atoms with E-state index >= 15 is 0 Å². The zero-order valence-corrected chi connectivity index (χ0v) is 23.5. The fraction of sp³-hybridized carbons (Fsp3) is 0.633. The molecule has 4 atom stereocenters. The molecule has 1 aromatic carbocycles. The average molecular weight is 565 g/mol. The highest BCUT2D eigenvalue weighted by molar-refractivity contribution is 5.64. The second kappa shape index (κ2) is 10.3. The summed E-state index contributed by atoms with van der Waals surface area (Å²) in [5, 5.41) is 10.1. The van der Waals surface area contributed by atoms with Gasteiger partial charge in [-0.05, 0) is 44.4 Å². The number of nitriles is 1. The molecule has 5 aliphatic heterocycles. The standard InChI is InChI=1S/C30H37FN6O4/c1-19-21-4-5-24(33)22(14-32)26(21)30(18-39-19)13-25-23(16-41-30)27(36-7-3-10-38-11-9-36)35-28(34-25)40-17-29-6-2-8-37(29)15-20(31)12-29/h4-5,19-20H,2-3,6-13,15-18,33H2,1H3/t19?,20-,29+,30?/m1/s1. The van der Waals surface area contributed by atoms with Gasteiger partial charge in [0.2, 0.25) is 0 Å². The number of anilines is 2. The highest BCUT2D eigenvalue weighted by Crippen LogP contribution is 2.48. The van der Waals surface area contributed by atoms with Gasteiger partial charge in [-0.3, -0.25) is 4.90 Å². The van der Waals surface area contributed by atoms with Crippen molar-refractivity contribution in [1.82, 2.24) is 14.9 Å². The van der Waals surface area contributed by atoms with Crippen molar-refractivity contribution in [2.24, 2.45) is 0 Å². The number of hydrogen-bond acceptors (Lipinski definition) is 10. The van der Waals surface area contributed by atoms with Crippen molar-refractivity contribution in [1.29, 1.82) is 5.26 Å². The van der Waals surface area contributed by atoms with Crippen molar-refractivity contribution in [3.8, 4) is 12.1 Å². The van der Waals surface area contributed by atoms with Crippen LogP contribution >= 0.6 is 0 Å². The predicted molar refractivity (Wildman–Crippen MR) is 148 cm³/mol. The van der Waals surface area contributed by atoms with Crippen molar-refractivity contribution in [3.63, 3.8) is 0 Å². The molecule has 2 aromatic rings. The molecule has 0 amide bonds. The Kier molecular flexibility index (Phi) is 6.77. The number of nitrogens with zero attached hydrogens (tertiary/aromatic N) is 5. The number of hydrogen-bond donors (Lipinski definition) is 1. The Hall–Kier alpha value is -3.04. The third-order valence-corrected chi connectivity index (χ3v) is 9.59. The number of benzene rings is 1. The van der Waals surface area contributed by atoms with Crippen LogP contribution in [0.3, 0.4) is 0 Å². The van der Waals surface area contributed by atoms with E-state index in [0.717, 1.165) is 60.6 Å². The van der Waals surface area contributed by atoms with Gasteiger partial charge in [-0.1, -0.05) is 6.07 Å². The first kappa shape index (κ1) is 26.8. The SMILES string of the molecule is CC1OCC2(Cc3nc(OC[C@@]45CCCN4C[C@H](F)C5)nc(N4CCCOCC4)c3CO2)c2c1ccc(N)c2C#N. The van der Waals surface area contributed by atoms with E-state index in [1.807, 2.05) is 13.0 Å². The summed E-state index contributed by atoms with van der Waals surface area (Å²) in [7, 11) is 0. The first-order valence-corrected chi connectivity index (χ1v) is 14.7. The summed E-state index contributed by atoms with van der Waals surface area (Å²) in [5.41, 5.74) is 9.35. The molecule has 0 bridgehead atoms. The number of halogens is 1. The van der Waals surface area contributed by atoms with Crippen LogP contribution in [0.2, 0.25) is 0 Å². The summed E-state index contributed by atoms with van der Waals surface area (Å²) in [6, 6.07) is 6.31. The zero-order valence-electron chi connectivity index (χ0n) is 23.5. The minimum Gasteiger partial charge on any atom is -0.461 e. The van der Waals surface area contributed by atoms with E-state index in [4.69, 9.17) is 34.6 Å². The summed E-state index contributed by atoms with van der Waals surface area (Å²) in [6.07, 6.45) is 2.70. The molecule has 1 aromatic heterocycles. The number of fused-ring (bicyclic) bond motifs is 4. The first-order chi connectivity index (χ1) is 19.9. The van der Waals surface area contributed by atoms with E-state index in [0.29, 0.717) is 63.0 Å². The Bertz CT molecular complexity index is 1380. The maximum Gasteiger partial charge on any atom is 0.318 e. The van der Waals surface area contributed by atoms with E-state index in [-0.39, 0.29) is 24.9 Å². The minimum absolute atomic E-state index is 0.190. The van der Waals surface area contributed by atoms with Crippen LogP contribution in [-0.4, -0.2) is 79.2 Å². The van der Waals surface area contributed by atoms with Gasteiger partial charge in [-0.2, -0.15) is 15.2 Å². The third kappa shape index (κ3) is 4.52. The molecule has 2 N–H and O–H groups in total. The van der Waals surface area contributed by atoms with Crippen molar-refractivity contribution in [2.75, 3.05) is 63.2 Å². The van der Waals surface area contributed by atoms with E-state index in [1.165, 1.54) is 0 Å². The third-order valence-electron chi connectivity index (χ3n) is 9.59. The molecule has 5 aliphatic rings. The van der Waals surface area contributed by atoms with Crippen molar-refractivity contribution in [3.05, 3.63) is 40.1 Å². The Morgan fingerprint density at radius 3 is 3.00 bits per heavy atom. The van der Waals surface area contributed by atoms with E-state index in [9.17, 15) is 9.65 Å². The Morgan fingerprint density at radius 1 is 1.22 bits per heavy atom. The monoisotopic (exact) mass is 564 g/mol. The second-order valence-corrected chi connectivity index (χ2v) is 12.1. The number of rotatable bonds is 4. The van der Waals surface area contributed by atoms with Gasteiger partial charge in [0, 0.05) is 55.9 Å². The highest BCUT2D eigenvalue weighted by atomic mass is 19.1. The van der Waals surface area contributed by atoms with Crippen LogP contribution in [0, 0.1) is 11.3 Å². The quantitative estimate of drug-likeness (QED) is 0.555. The number of nitrogens with two attached hydrogens (primary N) is 1. The van der Waals surface area contributed by atoms with Crippen LogP contribution in [0.15, 0.2) is 12.1 Å². The molecular formula is C30H37FN6O4. The molecule has 11 heteroatoms. The van der Waals surface area contributed by atoms with E-state index in [2.05, 4.69) is 15.9 Å². The molecule has 10 nitrogen and oxygen atoms in total. The normalized spacial score (nSPS) is 31.3. The molecule has 41 heavy (non-hydrogen) atoms. The number of alkyl halides is 1. The molecule has 3 saturated heterocycles. The van der Waals surface area contributed by atoms with Gasteiger partial charge in [0.25, 0.3) is 0 Å². The maximum atomic E-state index is 14.4. The van der Waals surface area contributed by atoms with Crippen LogP contribution in [0.4, 0.5) is 15.9 Å². The minimum atomic E-state index is -0.909. The van der Waals surface area contributed by atoms with Gasteiger partial charge >= 0.3 is 6.01 Å². The molecule has 3 fully saturated rings. The van der Waals surface area contributed by atoms with Crippen LogP contribution < -0.4 is 15.4 Å². The van der Waals surface area contributed by atoms with Crippen LogP contribution in [0.5, 0.6) is 6.01 Å². The molecule has 0 aliphatic carbocycles. The van der Waals surface area contributed by atoms with Crippen molar-refractivity contribution >= 4 is 11.5 Å². The molecule has 0 radical (unpaired) electrons. The molecule has 6 heterocycles.